The van der Waals surface area contributed by atoms with Crippen molar-refractivity contribution in [2.24, 2.45) is 11.7 Å². The average Bonchev–Trinajstić information content (AvgIpc) is 2.19. The summed E-state index contributed by atoms with van der Waals surface area (Å²) in [7, 11) is 0. The highest BCUT2D eigenvalue weighted by Crippen LogP contribution is 2.11. The number of nitrogens with two attached hydrogens (primary N) is 1. The van der Waals surface area contributed by atoms with E-state index in [1.165, 1.54) is 0 Å². The summed E-state index contributed by atoms with van der Waals surface area (Å²) in [5, 5.41) is 5.78. The van der Waals surface area contributed by atoms with E-state index in [1.807, 2.05) is 0 Å². The molecule has 0 spiro atoms. The first kappa shape index (κ1) is 11.0. The molecule has 0 bridgehead atoms. The number of amides is 2. The molecule has 1 unspecified atom stereocenters. The molecule has 1 aliphatic heterocycles. The third-order valence-electron chi connectivity index (χ3n) is 2.50. The summed E-state index contributed by atoms with van der Waals surface area (Å²) in [4.78, 5) is 22.3. The first-order valence-electron chi connectivity index (χ1n) is 4.91. The Balaban J connectivity index is 2.36. The Hall–Kier alpha value is -1.10. The third-order valence-corrected chi connectivity index (χ3v) is 2.50. The van der Waals surface area contributed by atoms with Crippen molar-refractivity contribution in [1.29, 1.82) is 0 Å². The van der Waals surface area contributed by atoms with Crippen LogP contribution in [0.3, 0.4) is 0 Å². The average molecular weight is 199 g/mol. The van der Waals surface area contributed by atoms with Gasteiger partial charge >= 0.3 is 0 Å². The molecule has 0 aliphatic carbocycles. The molecule has 2 amide bonds. The van der Waals surface area contributed by atoms with Crippen LogP contribution in [0.1, 0.15) is 19.8 Å². The van der Waals surface area contributed by atoms with Crippen molar-refractivity contribution < 1.29 is 9.59 Å². The number of nitrogens with one attached hydrogen (secondary N) is 2. The first-order valence-corrected chi connectivity index (χ1v) is 4.91. The molecule has 80 valence electrons. The van der Waals surface area contributed by atoms with E-state index >= 15 is 0 Å². The summed E-state index contributed by atoms with van der Waals surface area (Å²) in [6.45, 7) is 3.33. The minimum atomic E-state index is -0.572. The molecule has 1 saturated heterocycles. The molecular formula is C9H17N3O2. The van der Waals surface area contributed by atoms with Gasteiger partial charge < -0.3 is 16.4 Å². The zero-order chi connectivity index (χ0) is 10.6. The Morgan fingerprint density at radius 1 is 1.43 bits per heavy atom. The van der Waals surface area contributed by atoms with Crippen molar-refractivity contribution in [2.75, 3.05) is 13.1 Å². The molecule has 0 aromatic carbocycles. The maximum atomic E-state index is 11.6. The Morgan fingerprint density at radius 3 is 2.50 bits per heavy atom. The van der Waals surface area contributed by atoms with Gasteiger partial charge in [0, 0.05) is 5.92 Å². The van der Waals surface area contributed by atoms with Crippen LogP contribution in [0, 0.1) is 5.92 Å². The maximum Gasteiger partial charge on any atom is 0.239 e. The van der Waals surface area contributed by atoms with E-state index in [-0.39, 0.29) is 11.8 Å². The van der Waals surface area contributed by atoms with Crippen molar-refractivity contribution in [3.8, 4) is 0 Å². The SMILES string of the molecule is CC(NC(=O)C1CCNCC1)C(N)=O. The number of hydrogen-bond donors (Lipinski definition) is 3. The van der Waals surface area contributed by atoms with Crippen LogP contribution in [0.25, 0.3) is 0 Å². The second kappa shape index (κ2) is 4.95. The summed E-state index contributed by atoms with van der Waals surface area (Å²) in [5.74, 6) is -0.525. The molecule has 14 heavy (non-hydrogen) atoms. The fraction of sp³-hybridized carbons (Fsp3) is 0.778. The summed E-state index contributed by atoms with van der Waals surface area (Å²) in [6, 6.07) is -0.572. The molecule has 1 rings (SSSR count). The zero-order valence-corrected chi connectivity index (χ0v) is 8.38. The predicted molar refractivity (Wildman–Crippen MR) is 52.4 cm³/mol. The smallest absolute Gasteiger partial charge is 0.239 e. The first-order chi connectivity index (χ1) is 6.61. The fourth-order valence-electron chi connectivity index (χ4n) is 1.49. The normalized spacial score (nSPS) is 20.1. The highest BCUT2D eigenvalue weighted by atomic mass is 16.2. The van der Waals surface area contributed by atoms with Gasteiger partial charge in [0.25, 0.3) is 0 Å². The van der Waals surface area contributed by atoms with E-state index in [0.29, 0.717) is 0 Å². The quantitative estimate of drug-likeness (QED) is 0.543. The van der Waals surface area contributed by atoms with Gasteiger partial charge in [0.05, 0.1) is 0 Å². The highest BCUT2D eigenvalue weighted by Gasteiger charge is 2.23. The lowest BCUT2D eigenvalue weighted by Gasteiger charge is -2.22. The Labute approximate surface area is 83.4 Å². The van der Waals surface area contributed by atoms with Crippen molar-refractivity contribution in [3.63, 3.8) is 0 Å². The number of piperidine rings is 1. The van der Waals surface area contributed by atoms with Gasteiger partial charge in [-0.3, -0.25) is 9.59 Å². The largest absolute Gasteiger partial charge is 0.368 e. The summed E-state index contributed by atoms with van der Waals surface area (Å²) in [5.41, 5.74) is 5.05. The predicted octanol–water partition coefficient (Wildman–Crippen LogP) is -1.02. The van der Waals surface area contributed by atoms with E-state index in [2.05, 4.69) is 10.6 Å². The lowest BCUT2D eigenvalue weighted by atomic mass is 9.97. The van der Waals surface area contributed by atoms with Crippen molar-refractivity contribution in [3.05, 3.63) is 0 Å². The molecule has 0 aromatic heterocycles. The molecule has 0 radical (unpaired) electrons. The fourth-order valence-corrected chi connectivity index (χ4v) is 1.49. The number of hydrogen-bond acceptors (Lipinski definition) is 3. The number of rotatable bonds is 3. The van der Waals surface area contributed by atoms with E-state index in [9.17, 15) is 9.59 Å². The van der Waals surface area contributed by atoms with Crippen molar-refractivity contribution in [2.45, 2.75) is 25.8 Å². The van der Waals surface area contributed by atoms with E-state index in [1.54, 1.807) is 6.92 Å². The lowest BCUT2D eigenvalue weighted by molar-refractivity contribution is -0.130. The Morgan fingerprint density at radius 2 is 2.00 bits per heavy atom. The van der Waals surface area contributed by atoms with Crippen LogP contribution in [0.15, 0.2) is 0 Å². The molecule has 1 fully saturated rings. The molecule has 1 atom stereocenters. The molecule has 5 heteroatoms. The van der Waals surface area contributed by atoms with Gasteiger partial charge in [-0.1, -0.05) is 0 Å². The van der Waals surface area contributed by atoms with Crippen LogP contribution in [-0.2, 0) is 9.59 Å². The number of carbonyl (C=O) groups is 2. The van der Waals surface area contributed by atoms with Crippen LogP contribution >= 0.6 is 0 Å². The second-order valence-corrected chi connectivity index (χ2v) is 3.66. The van der Waals surface area contributed by atoms with Gasteiger partial charge in [0.1, 0.15) is 6.04 Å². The summed E-state index contributed by atoms with van der Waals surface area (Å²) >= 11 is 0. The van der Waals surface area contributed by atoms with Crippen molar-refractivity contribution in [1.82, 2.24) is 10.6 Å². The van der Waals surface area contributed by atoms with Crippen LogP contribution in [0.4, 0.5) is 0 Å². The van der Waals surface area contributed by atoms with Crippen LogP contribution in [-0.4, -0.2) is 30.9 Å². The van der Waals surface area contributed by atoms with Crippen LogP contribution < -0.4 is 16.4 Å². The molecule has 4 N–H and O–H groups in total. The van der Waals surface area contributed by atoms with E-state index < -0.39 is 11.9 Å². The highest BCUT2D eigenvalue weighted by molar-refractivity contribution is 5.87. The van der Waals surface area contributed by atoms with Gasteiger partial charge in [-0.2, -0.15) is 0 Å². The van der Waals surface area contributed by atoms with Gasteiger partial charge in [0.2, 0.25) is 11.8 Å². The van der Waals surface area contributed by atoms with Crippen LogP contribution in [0.2, 0.25) is 0 Å². The molecule has 0 aromatic rings. The standard InChI is InChI=1S/C9H17N3O2/c1-6(8(10)13)12-9(14)7-2-4-11-5-3-7/h6-7,11H,2-5H2,1H3,(H2,10,13)(H,12,14). The van der Waals surface area contributed by atoms with Gasteiger partial charge in [-0.05, 0) is 32.9 Å². The number of primary amides is 1. The summed E-state index contributed by atoms with van der Waals surface area (Å²) in [6.07, 6.45) is 1.66. The minimum absolute atomic E-state index is 0.0260. The molecule has 5 nitrogen and oxygen atoms in total. The molecule has 1 heterocycles. The Bertz CT molecular complexity index is 224. The monoisotopic (exact) mass is 199 g/mol. The lowest BCUT2D eigenvalue weighted by Crippen LogP contribution is -2.46. The molecule has 0 saturated carbocycles. The van der Waals surface area contributed by atoms with Crippen LogP contribution in [0.5, 0.6) is 0 Å². The van der Waals surface area contributed by atoms with Crippen molar-refractivity contribution >= 4 is 11.8 Å². The van der Waals surface area contributed by atoms with E-state index in [4.69, 9.17) is 5.73 Å². The van der Waals surface area contributed by atoms with E-state index in [0.717, 1.165) is 25.9 Å². The number of carbonyl (C=O) groups excluding carboxylic acids is 2. The summed E-state index contributed by atoms with van der Waals surface area (Å²) < 4.78 is 0. The second-order valence-electron chi connectivity index (χ2n) is 3.66. The van der Waals surface area contributed by atoms with Gasteiger partial charge in [0.15, 0.2) is 0 Å². The molecular weight excluding hydrogens is 182 g/mol. The van der Waals surface area contributed by atoms with Gasteiger partial charge in [-0.15, -0.1) is 0 Å². The topological polar surface area (TPSA) is 84.2 Å². The Kier molecular flexibility index (Phi) is 3.88. The minimum Gasteiger partial charge on any atom is -0.368 e. The zero-order valence-electron chi connectivity index (χ0n) is 8.38. The third kappa shape index (κ3) is 2.99. The van der Waals surface area contributed by atoms with Gasteiger partial charge in [-0.25, -0.2) is 0 Å². The maximum absolute atomic E-state index is 11.6. The molecule has 1 aliphatic rings.